The number of ketones is 1. The molecule has 0 aliphatic rings. The van der Waals surface area contributed by atoms with Crippen LogP contribution in [0.3, 0.4) is 0 Å². The smallest absolute Gasteiger partial charge is 0.292 e. The fraction of sp³-hybridized carbons (Fsp3) is 0.350. The molecule has 5 heteroatoms. The molecule has 2 rings (SSSR count). The Hall–Kier alpha value is -2.01. The fourth-order valence-electron chi connectivity index (χ4n) is 2.56. The van der Waals surface area contributed by atoms with Crippen molar-refractivity contribution in [3.8, 4) is 11.1 Å². The Labute approximate surface area is 157 Å². The van der Waals surface area contributed by atoms with Crippen molar-refractivity contribution in [2.45, 2.75) is 39.5 Å². The molecule has 1 atom stereocenters. The van der Waals surface area contributed by atoms with E-state index in [1.54, 1.807) is 24.5 Å². The molecule has 1 unspecified atom stereocenters. The van der Waals surface area contributed by atoms with Gasteiger partial charge in [-0.1, -0.05) is 45.2 Å². The lowest BCUT2D eigenvalue weighted by Gasteiger charge is -2.11. The van der Waals surface area contributed by atoms with Gasteiger partial charge in [-0.3, -0.25) is 14.6 Å². The standard InChI is InChI=1S/C20H23BrN2O2/c1-3-4-5-6-14(2)19(24)20(25)23-18-9-7-15(8-10-18)16-11-17(21)13-22-12-16/h7-14H,3-6H2,1-2H3,(H,23,25). The fourth-order valence-corrected chi connectivity index (χ4v) is 2.93. The number of amides is 1. The zero-order chi connectivity index (χ0) is 18.2. The number of anilines is 1. The minimum atomic E-state index is -0.541. The van der Waals surface area contributed by atoms with E-state index in [1.165, 1.54) is 0 Å². The number of aromatic nitrogens is 1. The Morgan fingerprint density at radius 1 is 1.12 bits per heavy atom. The van der Waals surface area contributed by atoms with Gasteiger partial charge in [0.1, 0.15) is 0 Å². The van der Waals surface area contributed by atoms with Gasteiger partial charge < -0.3 is 5.32 Å². The molecule has 1 aromatic carbocycles. The molecule has 0 spiro atoms. The second-order valence-corrected chi connectivity index (χ2v) is 7.10. The maximum absolute atomic E-state index is 12.1. The number of Topliss-reactive ketones (excluding diaryl/α,β-unsaturated/α-hetero) is 1. The van der Waals surface area contributed by atoms with Gasteiger partial charge in [-0.2, -0.15) is 0 Å². The summed E-state index contributed by atoms with van der Waals surface area (Å²) in [6.07, 6.45) is 7.43. The van der Waals surface area contributed by atoms with Gasteiger partial charge >= 0.3 is 0 Å². The van der Waals surface area contributed by atoms with Gasteiger partial charge in [0.2, 0.25) is 5.78 Å². The van der Waals surface area contributed by atoms with E-state index in [0.717, 1.165) is 41.3 Å². The molecule has 132 valence electrons. The van der Waals surface area contributed by atoms with Gasteiger partial charge in [0, 0.05) is 34.0 Å². The zero-order valence-electron chi connectivity index (χ0n) is 14.6. The highest BCUT2D eigenvalue weighted by Gasteiger charge is 2.20. The van der Waals surface area contributed by atoms with E-state index in [9.17, 15) is 9.59 Å². The Bertz CT molecular complexity index is 729. The van der Waals surface area contributed by atoms with Crippen molar-refractivity contribution in [3.63, 3.8) is 0 Å². The monoisotopic (exact) mass is 402 g/mol. The van der Waals surface area contributed by atoms with Gasteiger partial charge in [-0.05, 0) is 46.1 Å². The van der Waals surface area contributed by atoms with Crippen LogP contribution in [-0.2, 0) is 9.59 Å². The van der Waals surface area contributed by atoms with Crippen molar-refractivity contribution in [3.05, 3.63) is 47.2 Å². The van der Waals surface area contributed by atoms with E-state index in [2.05, 4.69) is 33.2 Å². The third-order valence-electron chi connectivity index (χ3n) is 4.09. The number of carbonyl (C=O) groups is 2. The van der Waals surface area contributed by atoms with Crippen molar-refractivity contribution >= 4 is 33.3 Å². The molecular weight excluding hydrogens is 380 g/mol. The van der Waals surface area contributed by atoms with Crippen LogP contribution in [0.2, 0.25) is 0 Å². The van der Waals surface area contributed by atoms with Gasteiger partial charge in [0.25, 0.3) is 5.91 Å². The number of benzene rings is 1. The van der Waals surface area contributed by atoms with Crippen LogP contribution in [0.5, 0.6) is 0 Å². The van der Waals surface area contributed by atoms with Crippen molar-refractivity contribution in [1.82, 2.24) is 4.98 Å². The van der Waals surface area contributed by atoms with Crippen LogP contribution in [-0.4, -0.2) is 16.7 Å². The number of hydrogen-bond acceptors (Lipinski definition) is 3. The lowest BCUT2D eigenvalue weighted by atomic mass is 9.98. The zero-order valence-corrected chi connectivity index (χ0v) is 16.2. The Balaban J connectivity index is 1.96. The summed E-state index contributed by atoms with van der Waals surface area (Å²) in [5.41, 5.74) is 2.59. The van der Waals surface area contributed by atoms with E-state index >= 15 is 0 Å². The molecule has 0 fully saturated rings. The first kappa shape index (κ1) is 19.3. The molecule has 2 aromatic rings. The topological polar surface area (TPSA) is 59.1 Å². The number of halogens is 1. The highest BCUT2D eigenvalue weighted by molar-refractivity contribution is 9.10. The SMILES string of the molecule is CCCCCC(C)C(=O)C(=O)Nc1ccc(-c2cncc(Br)c2)cc1. The molecule has 4 nitrogen and oxygen atoms in total. The van der Waals surface area contributed by atoms with Crippen molar-refractivity contribution in [1.29, 1.82) is 0 Å². The first-order valence-corrected chi connectivity index (χ1v) is 9.36. The third-order valence-corrected chi connectivity index (χ3v) is 4.53. The Morgan fingerprint density at radius 3 is 2.48 bits per heavy atom. The predicted octanol–water partition coefficient (Wildman–Crippen LogP) is 5.24. The van der Waals surface area contributed by atoms with Crippen LogP contribution < -0.4 is 5.32 Å². The summed E-state index contributed by atoms with van der Waals surface area (Å²) in [7, 11) is 0. The van der Waals surface area contributed by atoms with Crippen molar-refractivity contribution < 1.29 is 9.59 Å². The van der Waals surface area contributed by atoms with E-state index in [0.29, 0.717) is 5.69 Å². The second-order valence-electron chi connectivity index (χ2n) is 6.18. The summed E-state index contributed by atoms with van der Waals surface area (Å²) in [5, 5.41) is 2.69. The molecule has 0 aliphatic heterocycles. The average molecular weight is 403 g/mol. The normalized spacial score (nSPS) is 11.8. The lowest BCUT2D eigenvalue weighted by molar-refractivity contribution is -0.137. The summed E-state index contributed by atoms with van der Waals surface area (Å²) in [6.45, 7) is 3.94. The molecule has 0 saturated carbocycles. The number of carbonyl (C=O) groups excluding carboxylic acids is 2. The van der Waals surface area contributed by atoms with Gasteiger partial charge in [-0.15, -0.1) is 0 Å². The number of nitrogens with zero attached hydrogens (tertiary/aromatic N) is 1. The molecule has 0 bridgehead atoms. The maximum Gasteiger partial charge on any atom is 0.292 e. The molecule has 0 aliphatic carbocycles. The van der Waals surface area contributed by atoms with Gasteiger partial charge in [-0.25, -0.2) is 0 Å². The predicted molar refractivity (Wildman–Crippen MR) is 104 cm³/mol. The molecule has 25 heavy (non-hydrogen) atoms. The van der Waals surface area contributed by atoms with Crippen LogP contribution >= 0.6 is 15.9 Å². The molecule has 1 heterocycles. The first-order valence-electron chi connectivity index (χ1n) is 8.57. The lowest BCUT2D eigenvalue weighted by Crippen LogP contribution is -2.28. The van der Waals surface area contributed by atoms with E-state index < -0.39 is 5.91 Å². The van der Waals surface area contributed by atoms with Crippen molar-refractivity contribution in [2.24, 2.45) is 5.92 Å². The number of pyridine rings is 1. The van der Waals surface area contributed by atoms with Crippen LogP contribution in [0.1, 0.15) is 39.5 Å². The molecule has 0 saturated heterocycles. The largest absolute Gasteiger partial charge is 0.319 e. The molecular formula is C20H23BrN2O2. The summed E-state index contributed by atoms with van der Waals surface area (Å²) < 4.78 is 0.907. The highest BCUT2D eigenvalue weighted by Crippen LogP contribution is 2.23. The van der Waals surface area contributed by atoms with Crippen LogP contribution in [0.4, 0.5) is 5.69 Å². The molecule has 1 amide bonds. The molecule has 0 radical (unpaired) electrons. The summed E-state index contributed by atoms with van der Waals surface area (Å²) in [5.74, 6) is -1.13. The number of unbranched alkanes of at least 4 members (excludes halogenated alkanes) is 2. The summed E-state index contributed by atoms with van der Waals surface area (Å²) in [4.78, 5) is 28.4. The van der Waals surface area contributed by atoms with Crippen LogP contribution in [0.25, 0.3) is 11.1 Å². The quantitative estimate of drug-likeness (QED) is 0.485. The number of nitrogens with one attached hydrogen (secondary N) is 1. The van der Waals surface area contributed by atoms with E-state index in [4.69, 9.17) is 0 Å². The van der Waals surface area contributed by atoms with Crippen molar-refractivity contribution in [2.75, 3.05) is 5.32 Å². The minimum Gasteiger partial charge on any atom is -0.319 e. The maximum atomic E-state index is 12.1. The Morgan fingerprint density at radius 2 is 1.84 bits per heavy atom. The average Bonchev–Trinajstić information content (AvgIpc) is 2.61. The number of hydrogen-bond donors (Lipinski definition) is 1. The summed E-state index contributed by atoms with van der Waals surface area (Å²) >= 11 is 3.40. The second kappa shape index (κ2) is 9.47. The van der Waals surface area contributed by atoms with Crippen LogP contribution in [0, 0.1) is 5.92 Å². The van der Waals surface area contributed by atoms with E-state index in [1.807, 2.05) is 25.1 Å². The summed E-state index contributed by atoms with van der Waals surface area (Å²) in [6, 6.07) is 9.36. The number of rotatable bonds is 8. The highest BCUT2D eigenvalue weighted by atomic mass is 79.9. The minimum absolute atomic E-state index is 0.237. The Kier molecular flexibility index (Phi) is 7.31. The first-order chi connectivity index (χ1) is 12.0. The van der Waals surface area contributed by atoms with E-state index in [-0.39, 0.29) is 11.7 Å². The molecule has 1 aromatic heterocycles. The third kappa shape index (κ3) is 5.78. The van der Waals surface area contributed by atoms with Gasteiger partial charge in [0.15, 0.2) is 0 Å². The van der Waals surface area contributed by atoms with Gasteiger partial charge in [0.05, 0.1) is 0 Å². The molecule has 1 N–H and O–H groups in total. The van der Waals surface area contributed by atoms with Crippen LogP contribution in [0.15, 0.2) is 47.2 Å².